The molecule has 4 aromatic rings. The molecular formula is C15H9N3O2S. The first kappa shape index (κ1) is 12.0. The van der Waals surface area contributed by atoms with Gasteiger partial charge in [-0.3, -0.25) is 10.1 Å². The van der Waals surface area contributed by atoms with E-state index < -0.39 is 4.92 Å². The zero-order valence-corrected chi connectivity index (χ0v) is 11.6. The highest BCUT2D eigenvalue weighted by molar-refractivity contribution is 7.24. The number of thiazole rings is 1. The van der Waals surface area contributed by atoms with Gasteiger partial charge in [-0.15, -0.1) is 11.3 Å². The molecule has 0 aliphatic heterocycles. The second kappa shape index (κ2) is 4.39. The van der Waals surface area contributed by atoms with Crippen molar-refractivity contribution in [2.45, 2.75) is 0 Å². The Hall–Kier alpha value is -2.73. The van der Waals surface area contributed by atoms with Gasteiger partial charge < -0.3 is 0 Å². The van der Waals surface area contributed by atoms with Crippen LogP contribution in [0, 0.1) is 10.1 Å². The number of non-ortho nitro benzene ring substituents is 1. The Balaban J connectivity index is 1.91. The largest absolute Gasteiger partial charge is 0.269 e. The molecule has 0 saturated heterocycles. The summed E-state index contributed by atoms with van der Waals surface area (Å²) in [4.78, 5) is 11.4. The number of para-hydroxylation sites is 1. The van der Waals surface area contributed by atoms with E-state index in [1.54, 1.807) is 29.7 Å². The fourth-order valence-electron chi connectivity index (χ4n) is 2.39. The van der Waals surface area contributed by atoms with E-state index in [0.29, 0.717) is 0 Å². The summed E-state index contributed by atoms with van der Waals surface area (Å²) in [5.74, 6) is 0. The van der Waals surface area contributed by atoms with Crippen LogP contribution in [0.25, 0.3) is 26.2 Å². The molecule has 0 fully saturated rings. The zero-order valence-electron chi connectivity index (χ0n) is 10.8. The number of hydrogen-bond acceptors (Lipinski definition) is 4. The molecule has 0 amide bonds. The maximum absolute atomic E-state index is 10.7. The SMILES string of the molecule is O=[N+]([O-])c1ccc(-c2cnn3c2sc2ccccc23)cc1. The van der Waals surface area contributed by atoms with Crippen LogP contribution in [0.1, 0.15) is 0 Å². The van der Waals surface area contributed by atoms with Crippen LogP contribution in [0.2, 0.25) is 0 Å². The molecule has 0 aliphatic rings. The van der Waals surface area contributed by atoms with E-state index in [1.165, 1.54) is 16.8 Å². The van der Waals surface area contributed by atoms with Crippen molar-refractivity contribution in [3.05, 3.63) is 64.8 Å². The van der Waals surface area contributed by atoms with Crippen LogP contribution in [-0.4, -0.2) is 14.5 Å². The summed E-state index contributed by atoms with van der Waals surface area (Å²) in [6.07, 6.45) is 1.80. The molecule has 21 heavy (non-hydrogen) atoms. The van der Waals surface area contributed by atoms with E-state index in [1.807, 2.05) is 22.7 Å². The van der Waals surface area contributed by atoms with E-state index >= 15 is 0 Å². The van der Waals surface area contributed by atoms with Crippen LogP contribution >= 0.6 is 11.3 Å². The molecule has 2 heterocycles. The number of nitrogens with zero attached hydrogens (tertiary/aromatic N) is 3. The highest BCUT2D eigenvalue weighted by Gasteiger charge is 2.13. The molecule has 4 rings (SSSR count). The standard InChI is InChI=1S/C15H9N3O2S/c19-18(20)11-7-5-10(6-8-11)12-9-16-17-13-3-1-2-4-14(13)21-15(12)17/h1-9H. The normalized spacial score (nSPS) is 11.2. The molecule has 0 N–H and O–H groups in total. The number of fused-ring (bicyclic) bond motifs is 3. The lowest BCUT2D eigenvalue weighted by Gasteiger charge is -1.96. The number of benzene rings is 2. The van der Waals surface area contributed by atoms with Gasteiger partial charge in [0.15, 0.2) is 0 Å². The highest BCUT2D eigenvalue weighted by atomic mass is 32.1. The van der Waals surface area contributed by atoms with Gasteiger partial charge in [0.1, 0.15) is 4.83 Å². The molecule has 0 unspecified atom stereocenters. The average Bonchev–Trinajstić information content (AvgIpc) is 3.06. The van der Waals surface area contributed by atoms with Crippen molar-refractivity contribution < 1.29 is 4.92 Å². The monoisotopic (exact) mass is 295 g/mol. The molecule has 102 valence electrons. The molecule has 0 radical (unpaired) electrons. The fraction of sp³-hybridized carbons (Fsp3) is 0. The van der Waals surface area contributed by atoms with Crippen LogP contribution in [0.5, 0.6) is 0 Å². The van der Waals surface area contributed by atoms with Crippen LogP contribution in [-0.2, 0) is 0 Å². The molecule has 6 heteroatoms. The van der Waals surface area contributed by atoms with Gasteiger partial charge in [-0.25, -0.2) is 4.52 Å². The summed E-state index contributed by atoms with van der Waals surface area (Å²) < 4.78 is 3.08. The minimum Gasteiger partial charge on any atom is -0.258 e. The first-order valence-corrected chi connectivity index (χ1v) is 7.16. The molecule has 0 saturated carbocycles. The first-order chi connectivity index (χ1) is 10.2. The van der Waals surface area contributed by atoms with Crippen LogP contribution in [0.4, 0.5) is 5.69 Å². The summed E-state index contributed by atoms with van der Waals surface area (Å²) >= 11 is 1.67. The third-order valence-electron chi connectivity index (χ3n) is 3.41. The minimum atomic E-state index is -0.392. The van der Waals surface area contributed by atoms with Gasteiger partial charge in [-0.05, 0) is 29.8 Å². The van der Waals surface area contributed by atoms with Crippen molar-refractivity contribution >= 4 is 32.1 Å². The molecular weight excluding hydrogens is 286 g/mol. The van der Waals surface area contributed by atoms with Crippen molar-refractivity contribution in [1.29, 1.82) is 0 Å². The fourth-order valence-corrected chi connectivity index (χ4v) is 3.52. The second-order valence-electron chi connectivity index (χ2n) is 4.65. The van der Waals surface area contributed by atoms with Crippen molar-refractivity contribution in [3.63, 3.8) is 0 Å². The Labute approximate surface area is 123 Å². The summed E-state index contributed by atoms with van der Waals surface area (Å²) in [6.45, 7) is 0. The Kier molecular flexibility index (Phi) is 2.52. The quantitative estimate of drug-likeness (QED) is 0.413. The summed E-state index contributed by atoms with van der Waals surface area (Å²) in [6, 6.07) is 14.7. The summed E-state index contributed by atoms with van der Waals surface area (Å²) in [7, 11) is 0. The lowest BCUT2D eigenvalue weighted by molar-refractivity contribution is -0.384. The maximum Gasteiger partial charge on any atom is 0.269 e. The number of nitro benzene ring substituents is 1. The third kappa shape index (κ3) is 1.80. The van der Waals surface area contributed by atoms with E-state index in [9.17, 15) is 10.1 Å². The van der Waals surface area contributed by atoms with Gasteiger partial charge in [0.05, 0.1) is 21.3 Å². The number of aromatic nitrogens is 2. The molecule has 0 spiro atoms. The third-order valence-corrected chi connectivity index (χ3v) is 4.57. The van der Waals surface area contributed by atoms with Gasteiger partial charge >= 0.3 is 0 Å². The number of hydrogen-bond donors (Lipinski definition) is 0. The Bertz CT molecular complexity index is 970. The molecule has 2 aromatic heterocycles. The minimum absolute atomic E-state index is 0.0958. The van der Waals surface area contributed by atoms with Crippen molar-refractivity contribution in [2.24, 2.45) is 0 Å². The van der Waals surface area contributed by atoms with Crippen molar-refractivity contribution in [3.8, 4) is 11.1 Å². The predicted octanol–water partition coefficient (Wildman–Crippen LogP) is 4.12. The number of rotatable bonds is 2. The number of nitro groups is 1. The van der Waals surface area contributed by atoms with Gasteiger partial charge in [0.2, 0.25) is 0 Å². The average molecular weight is 295 g/mol. The lowest BCUT2D eigenvalue weighted by Crippen LogP contribution is -1.86. The molecule has 0 bridgehead atoms. The van der Waals surface area contributed by atoms with E-state index in [2.05, 4.69) is 11.2 Å². The van der Waals surface area contributed by atoms with Crippen molar-refractivity contribution in [1.82, 2.24) is 9.61 Å². The first-order valence-electron chi connectivity index (χ1n) is 6.34. The van der Waals surface area contributed by atoms with Crippen LogP contribution < -0.4 is 0 Å². The van der Waals surface area contributed by atoms with Gasteiger partial charge in [-0.1, -0.05) is 12.1 Å². The van der Waals surface area contributed by atoms with E-state index in [-0.39, 0.29) is 5.69 Å². The Morgan fingerprint density at radius 3 is 2.62 bits per heavy atom. The Morgan fingerprint density at radius 1 is 1.10 bits per heavy atom. The zero-order chi connectivity index (χ0) is 14.4. The lowest BCUT2D eigenvalue weighted by atomic mass is 10.1. The molecule has 0 aliphatic carbocycles. The molecule has 2 aromatic carbocycles. The smallest absolute Gasteiger partial charge is 0.258 e. The maximum atomic E-state index is 10.7. The predicted molar refractivity (Wildman–Crippen MR) is 82.7 cm³/mol. The molecule has 0 atom stereocenters. The highest BCUT2D eigenvalue weighted by Crippen LogP contribution is 2.34. The topological polar surface area (TPSA) is 60.4 Å². The van der Waals surface area contributed by atoms with Crippen LogP contribution in [0.3, 0.4) is 0 Å². The van der Waals surface area contributed by atoms with Crippen LogP contribution in [0.15, 0.2) is 54.7 Å². The molecule has 5 nitrogen and oxygen atoms in total. The van der Waals surface area contributed by atoms with Gasteiger partial charge in [0.25, 0.3) is 5.69 Å². The van der Waals surface area contributed by atoms with Gasteiger partial charge in [-0.2, -0.15) is 5.10 Å². The second-order valence-corrected chi connectivity index (χ2v) is 5.68. The van der Waals surface area contributed by atoms with E-state index in [0.717, 1.165) is 21.5 Å². The van der Waals surface area contributed by atoms with Crippen molar-refractivity contribution in [2.75, 3.05) is 0 Å². The summed E-state index contributed by atoms with van der Waals surface area (Å²) in [5.41, 5.74) is 3.09. The Morgan fingerprint density at radius 2 is 1.86 bits per heavy atom. The summed E-state index contributed by atoms with van der Waals surface area (Å²) in [5, 5.41) is 15.2. The van der Waals surface area contributed by atoms with E-state index in [4.69, 9.17) is 0 Å². The van der Waals surface area contributed by atoms with Gasteiger partial charge in [0, 0.05) is 17.7 Å².